The number of halogens is 3. The lowest BCUT2D eigenvalue weighted by atomic mass is 10.0. The average Bonchev–Trinajstić information content (AvgIpc) is 3.19. The molecule has 2 aromatic heterocycles. The number of carbonyl (C=O) groups excluding carboxylic acids is 1. The normalized spacial score (nSPS) is 13.4. The molecule has 0 bridgehead atoms. The summed E-state index contributed by atoms with van der Waals surface area (Å²) in [4.78, 5) is 18.5. The van der Waals surface area contributed by atoms with Crippen LogP contribution in [0.1, 0.15) is 38.4 Å². The third-order valence-corrected chi connectivity index (χ3v) is 4.65. The highest BCUT2D eigenvalue weighted by atomic mass is 19.4. The van der Waals surface area contributed by atoms with Gasteiger partial charge in [-0.25, -0.2) is 4.98 Å². The maximum absolute atomic E-state index is 13.4. The van der Waals surface area contributed by atoms with Crippen molar-refractivity contribution in [1.29, 1.82) is 0 Å². The maximum atomic E-state index is 13.4. The van der Waals surface area contributed by atoms with Gasteiger partial charge in [0.05, 0.1) is 11.8 Å². The van der Waals surface area contributed by atoms with Crippen LogP contribution in [0.15, 0.2) is 48.8 Å². The molecule has 0 saturated carbocycles. The molecule has 0 aliphatic carbocycles. The van der Waals surface area contributed by atoms with Gasteiger partial charge in [-0.15, -0.1) is 0 Å². The first-order chi connectivity index (χ1) is 13.9. The third kappa shape index (κ3) is 3.99. The summed E-state index contributed by atoms with van der Waals surface area (Å²) in [5, 5.41) is 6.85. The first-order valence-corrected chi connectivity index (χ1v) is 8.86. The van der Waals surface area contributed by atoms with Gasteiger partial charge >= 0.3 is 6.18 Å². The fourth-order valence-corrected chi connectivity index (χ4v) is 3.17. The highest BCUT2D eigenvalue weighted by Crippen LogP contribution is 2.32. The van der Waals surface area contributed by atoms with Crippen molar-refractivity contribution in [2.75, 3.05) is 6.54 Å². The number of nitrogens with zero attached hydrogens (tertiary/aromatic N) is 3. The Labute approximate surface area is 164 Å². The first kappa shape index (κ1) is 18.7. The highest BCUT2D eigenvalue weighted by molar-refractivity contribution is 5.95. The van der Waals surface area contributed by atoms with Crippen LogP contribution in [0.25, 0.3) is 0 Å². The second-order valence-corrected chi connectivity index (χ2v) is 6.57. The minimum Gasteiger partial charge on any atom is -0.334 e. The molecular weight excluding hydrogens is 381 g/mol. The van der Waals surface area contributed by atoms with Crippen LogP contribution in [0.5, 0.6) is 0 Å². The van der Waals surface area contributed by atoms with E-state index in [1.807, 2.05) is 0 Å². The number of alkyl halides is 3. The zero-order chi connectivity index (χ0) is 20.4. The van der Waals surface area contributed by atoms with E-state index in [1.165, 1.54) is 18.3 Å². The van der Waals surface area contributed by atoms with Crippen LogP contribution < -0.4 is 0 Å². The largest absolute Gasteiger partial charge is 0.417 e. The van der Waals surface area contributed by atoms with E-state index in [4.69, 9.17) is 0 Å². The molecule has 3 aromatic rings. The molecule has 0 fully saturated rings. The Balaban J connectivity index is 1.67. The van der Waals surface area contributed by atoms with Crippen molar-refractivity contribution >= 4 is 5.91 Å². The summed E-state index contributed by atoms with van der Waals surface area (Å²) in [7, 11) is 0. The van der Waals surface area contributed by atoms with Crippen molar-refractivity contribution in [3.05, 3.63) is 82.4 Å². The molecule has 1 aromatic carbocycles. The number of aromatic nitrogens is 3. The van der Waals surface area contributed by atoms with Gasteiger partial charge in [-0.1, -0.05) is 12.0 Å². The highest BCUT2D eigenvalue weighted by Gasteiger charge is 2.34. The van der Waals surface area contributed by atoms with Gasteiger partial charge in [-0.2, -0.15) is 18.3 Å². The lowest BCUT2D eigenvalue weighted by Gasteiger charge is -2.26. The number of rotatable bonds is 1. The van der Waals surface area contributed by atoms with E-state index in [9.17, 15) is 18.0 Å². The van der Waals surface area contributed by atoms with E-state index < -0.39 is 11.7 Å². The molecule has 5 nitrogen and oxygen atoms in total. The summed E-state index contributed by atoms with van der Waals surface area (Å²) < 4.78 is 40.2. The van der Waals surface area contributed by atoms with Gasteiger partial charge in [0.1, 0.15) is 5.69 Å². The maximum Gasteiger partial charge on any atom is 0.417 e. The number of aromatic amines is 1. The van der Waals surface area contributed by atoms with Crippen LogP contribution in [0.4, 0.5) is 13.2 Å². The molecule has 146 valence electrons. The Morgan fingerprint density at radius 1 is 1.17 bits per heavy atom. The van der Waals surface area contributed by atoms with E-state index in [1.54, 1.807) is 29.3 Å². The van der Waals surface area contributed by atoms with E-state index >= 15 is 0 Å². The number of fused-ring (bicyclic) bond motifs is 1. The van der Waals surface area contributed by atoms with Gasteiger partial charge in [0.2, 0.25) is 0 Å². The zero-order valence-corrected chi connectivity index (χ0v) is 15.1. The SMILES string of the molecule is O=C(c1ccc(C(F)(F)F)c(C#Cc2ccccn2)c1)N1CCc2[nH]ncc2C1. The lowest BCUT2D eigenvalue weighted by molar-refractivity contribution is -0.137. The predicted octanol–water partition coefficient (Wildman–Crippen LogP) is 3.42. The van der Waals surface area contributed by atoms with E-state index in [0.29, 0.717) is 25.2 Å². The number of H-pyrrole nitrogens is 1. The summed E-state index contributed by atoms with van der Waals surface area (Å²) in [6.45, 7) is 0.824. The van der Waals surface area contributed by atoms with Crippen LogP contribution in [0.3, 0.4) is 0 Å². The minimum absolute atomic E-state index is 0.162. The molecule has 29 heavy (non-hydrogen) atoms. The minimum atomic E-state index is -4.58. The van der Waals surface area contributed by atoms with E-state index in [0.717, 1.165) is 17.3 Å². The molecule has 3 heterocycles. The summed E-state index contributed by atoms with van der Waals surface area (Å²) in [6, 6.07) is 8.29. The Kier molecular flexibility index (Phi) is 4.80. The van der Waals surface area contributed by atoms with Crippen LogP contribution in [-0.2, 0) is 19.1 Å². The molecule has 8 heteroatoms. The summed E-state index contributed by atoms with van der Waals surface area (Å²) >= 11 is 0. The van der Waals surface area contributed by atoms with Gasteiger partial charge in [0.25, 0.3) is 5.91 Å². The fourth-order valence-electron chi connectivity index (χ4n) is 3.17. The van der Waals surface area contributed by atoms with Crippen molar-refractivity contribution < 1.29 is 18.0 Å². The van der Waals surface area contributed by atoms with Gasteiger partial charge in [0, 0.05) is 48.1 Å². The Morgan fingerprint density at radius 2 is 2.03 bits per heavy atom. The van der Waals surface area contributed by atoms with Crippen molar-refractivity contribution in [2.45, 2.75) is 19.1 Å². The smallest absolute Gasteiger partial charge is 0.334 e. The summed E-state index contributed by atoms with van der Waals surface area (Å²) in [6.07, 6.45) is -0.791. The number of carbonyl (C=O) groups is 1. The van der Waals surface area contributed by atoms with Crippen LogP contribution in [-0.4, -0.2) is 32.5 Å². The van der Waals surface area contributed by atoms with Crippen molar-refractivity contribution in [2.24, 2.45) is 0 Å². The molecule has 1 N–H and O–H groups in total. The average molecular weight is 396 g/mol. The molecule has 0 saturated heterocycles. The number of pyridine rings is 1. The number of amides is 1. The molecule has 0 radical (unpaired) electrons. The predicted molar refractivity (Wildman–Crippen MR) is 98.7 cm³/mol. The zero-order valence-electron chi connectivity index (χ0n) is 15.1. The molecular formula is C21H15F3N4O. The topological polar surface area (TPSA) is 61.9 Å². The van der Waals surface area contributed by atoms with Crippen molar-refractivity contribution in [3.63, 3.8) is 0 Å². The third-order valence-electron chi connectivity index (χ3n) is 4.65. The van der Waals surface area contributed by atoms with Gasteiger partial charge in [0.15, 0.2) is 0 Å². The lowest BCUT2D eigenvalue weighted by Crippen LogP contribution is -2.35. The standard InChI is InChI=1S/C21H15F3N4O/c22-21(23,24)18-7-5-15(11-14(18)4-6-17-3-1-2-9-25-17)20(29)28-10-8-19-16(13-28)12-26-27-19/h1-3,5,7,9,11-12H,8,10,13H2,(H,26,27). The van der Waals surface area contributed by atoms with E-state index in [2.05, 4.69) is 27.0 Å². The number of hydrogen-bond donors (Lipinski definition) is 1. The number of benzene rings is 1. The van der Waals surface area contributed by atoms with Crippen molar-refractivity contribution in [1.82, 2.24) is 20.1 Å². The monoisotopic (exact) mass is 396 g/mol. The second-order valence-electron chi connectivity index (χ2n) is 6.57. The fraction of sp³-hybridized carbons (Fsp3) is 0.190. The van der Waals surface area contributed by atoms with Gasteiger partial charge in [-0.3, -0.25) is 9.89 Å². The Bertz CT molecular complexity index is 1110. The number of hydrogen-bond acceptors (Lipinski definition) is 3. The molecule has 1 aliphatic rings. The number of nitrogens with one attached hydrogen (secondary N) is 1. The molecule has 0 atom stereocenters. The van der Waals surface area contributed by atoms with Gasteiger partial charge in [-0.05, 0) is 36.3 Å². The van der Waals surface area contributed by atoms with Crippen LogP contribution in [0, 0.1) is 11.8 Å². The summed E-state index contributed by atoms with van der Waals surface area (Å²) in [5.74, 6) is 4.82. The molecule has 0 spiro atoms. The second kappa shape index (κ2) is 7.43. The van der Waals surface area contributed by atoms with Crippen molar-refractivity contribution in [3.8, 4) is 11.8 Å². The summed E-state index contributed by atoms with van der Waals surface area (Å²) in [5.41, 5.74) is 1.26. The van der Waals surface area contributed by atoms with E-state index in [-0.39, 0.29) is 17.0 Å². The first-order valence-electron chi connectivity index (χ1n) is 8.86. The molecule has 1 aliphatic heterocycles. The van der Waals surface area contributed by atoms with Crippen LogP contribution >= 0.6 is 0 Å². The van der Waals surface area contributed by atoms with Crippen LogP contribution in [0.2, 0.25) is 0 Å². The Morgan fingerprint density at radius 3 is 2.79 bits per heavy atom. The quantitative estimate of drug-likeness (QED) is 0.641. The van der Waals surface area contributed by atoms with Gasteiger partial charge < -0.3 is 4.90 Å². The molecule has 1 amide bonds. The molecule has 0 unspecified atom stereocenters. The molecule has 4 rings (SSSR count). The Hall–Kier alpha value is -3.60.